The standard InChI is InChI=1S/C18H20N4O3S3/c19-11-14-13-3-1-4-15(13)27-18(14)20-16(23)12-21-6-8-22(9-7-21)28(24,25)17-5-2-10-26-17/h2,5,10H,1,3-4,6-9,12H2,(H,20,23). The summed E-state index contributed by atoms with van der Waals surface area (Å²) in [4.78, 5) is 15.6. The molecule has 4 rings (SSSR count). The average molecular weight is 437 g/mol. The number of thiophene rings is 2. The van der Waals surface area contributed by atoms with Crippen molar-refractivity contribution in [2.45, 2.75) is 23.5 Å². The molecule has 0 spiro atoms. The number of rotatable bonds is 5. The highest BCUT2D eigenvalue weighted by molar-refractivity contribution is 7.91. The van der Waals surface area contributed by atoms with Gasteiger partial charge >= 0.3 is 0 Å². The molecule has 1 amide bonds. The van der Waals surface area contributed by atoms with Crippen LogP contribution in [0.25, 0.3) is 0 Å². The lowest BCUT2D eigenvalue weighted by Crippen LogP contribution is -2.50. The number of sulfonamides is 1. The average Bonchev–Trinajstić information content (AvgIpc) is 3.39. The van der Waals surface area contributed by atoms with E-state index in [-0.39, 0.29) is 12.5 Å². The maximum absolute atomic E-state index is 12.6. The fraction of sp³-hybridized carbons (Fsp3) is 0.444. The molecule has 3 heterocycles. The molecular formula is C18H20N4O3S3. The number of anilines is 1. The number of fused-ring (bicyclic) bond motifs is 1. The molecule has 0 radical (unpaired) electrons. The van der Waals surface area contributed by atoms with Crippen molar-refractivity contribution in [2.75, 3.05) is 38.0 Å². The van der Waals surface area contributed by atoms with Gasteiger partial charge in [0, 0.05) is 31.1 Å². The van der Waals surface area contributed by atoms with Gasteiger partial charge in [0.2, 0.25) is 5.91 Å². The van der Waals surface area contributed by atoms with Gasteiger partial charge in [-0.15, -0.1) is 22.7 Å². The Bertz CT molecular complexity index is 1010. The molecule has 2 aromatic heterocycles. The molecule has 1 aliphatic heterocycles. The van der Waals surface area contributed by atoms with E-state index in [1.165, 1.54) is 31.9 Å². The Morgan fingerprint density at radius 1 is 1.25 bits per heavy atom. The molecule has 0 unspecified atom stereocenters. The van der Waals surface area contributed by atoms with Crippen LogP contribution in [0.1, 0.15) is 22.4 Å². The van der Waals surface area contributed by atoms with Crippen LogP contribution in [0.15, 0.2) is 21.7 Å². The van der Waals surface area contributed by atoms with Crippen molar-refractivity contribution in [3.05, 3.63) is 33.5 Å². The molecule has 7 nitrogen and oxygen atoms in total. The van der Waals surface area contributed by atoms with Gasteiger partial charge in [-0.1, -0.05) is 6.07 Å². The molecule has 1 N–H and O–H groups in total. The second-order valence-corrected chi connectivity index (χ2v) is 11.1. The van der Waals surface area contributed by atoms with Gasteiger partial charge in [-0.2, -0.15) is 9.57 Å². The number of amides is 1. The smallest absolute Gasteiger partial charge is 0.252 e. The topological polar surface area (TPSA) is 93.5 Å². The maximum atomic E-state index is 12.6. The summed E-state index contributed by atoms with van der Waals surface area (Å²) in [6.45, 7) is 1.93. The molecule has 1 fully saturated rings. The van der Waals surface area contributed by atoms with E-state index in [1.807, 2.05) is 4.90 Å². The molecule has 0 saturated carbocycles. The Morgan fingerprint density at radius 2 is 2.04 bits per heavy atom. The molecule has 148 valence electrons. The monoisotopic (exact) mass is 436 g/mol. The van der Waals surface area contributed by atoms with Gasteiger partial charge in [-0.25, -0.2) is 8.42 Å². The Kier molecular flexibility index (Phi) is 5.53. The molecule has 2 aromatic rings. The summed E-state index contributed by atoms with van der Waals surface area (Å²) in [6, 6.07) is 5.58. The van der Waals surface area contributed by atoms with Gasteiger partial charge in [0.25, 0.3) is 10.0 Å². The highest BCUT2D eigenvalue weighted by atomic mass is 32.2. The van der Waals surface area contributed by atoms with Crippen LogP contribution in [-0.4, -0.2) is 56.3 Å². The highest BCUT2D eigenvalue weighted by Crippen LogP contribution is 2.38. The lowest BCUT2D eigenvalue weighted by Gasteiger charge is -2.33. The molecule has 1 saturated heterocycles. The van der Waals surface area contributed by atoms with Crippen molar-refractivity contribution < 1.29 is 13.2 Å². The molecule has 0 atom stereocenters. The van der Waals surface area contributed by atoms with Crippen molar-refractivity contribution in [1.29, 1.82) is 5.26 Å². The first-order chi connectivity index (χ1) is 13.5. The minimum absolute atomic E-state index is 0.161. The van der Waals surface area contributed by atoms with Gasteiger partial charge < -0.3 is 5.32 Å². The van der Waals surface area contributed by atoms with Crippen molar-refractivity contribution in [3.8, 4) is 6.07 Å². The van der Waals surface area contributed by atoms with Gasteiger partial charge in [-0.3, -0.25) is 9.69 Å². The van der Waals surface area contributed by atoms with Crippen LogP contribution < -0.4 is 5.32 Å². The summed E-state index contributed by atoms with van der Waals surface area (Å²) in [7, 11) is -3.44. The third-order valence-corrected chi connectivity index (χ3v) is 9.55. The SMILES string of the molecule is N#Cc1c(NC(=O)CN2CCN(S(=O)(=O)c3cccs3)CC2)sc2c1CCC2. The Labute approximate surface area is 172 Å². The largest absolute Gasteiger partial charge is 0.315 e. The predicted molar refractivity (Wildman–Crippen MR) is 109 cm³/mol. The highest BCUT2D eigenvalue weighted by Gasteiger charge is 2.30. The van der Waals surface area contributed by atoms with E-state index in [0.717, 1.165) is 24.8 Å². The van der Waals surface area contributed by atoms with E-state index in [9.17, 15) is 18.5 Å². The number of carbonyl (C=O) groups excluding carboxylic acids is 1. The Hall–Kier alpha value is -1.77. The number of hydrogen-bond donors (Lipinski definition) is 1. The fourth-order valence-electron chi connectivity index (χ4n) is 3.65. The van der Waals surface area contributed by atoms with E-state index in [0.29, 0.717) is 41.0 Å². The zero-order valence-electron chi connectivity index (χ0n) is 15.2. The molecule has 2 aliphatic rings. The first kappa shape index (κ1) is 19.5. The minimum atomic E-state index is -3.44. The third-order valence-electron chi connectivity index (χ3n) is 5.07. The summed E-state index contributed by atoms with van der Waals surface area (Å²) in [5, 5.41) is 14.7. The molecule has 0 aromatic carbocycles. The second-order valence-electron chi connectivity index (χ2n) is 6.83. The van der Waals surface area contributed by atoms with Crippen molar-refractivity contribution in [1.82, 2.24) is 9.21 Å². The Morgan fingerprint density at radius 3 is 2.71 bits per heavy atom. The van der Waals surface area contributed by atoms with E-state index < -0.39 is 10.0 Å². The lowest BCUT2D eigenvalue weighted by atomic mass is 10.1. The molecule has 28 heavy (non-hydrogen) atoms. The van der Waals surface area contributed by atoms with Crippen LogP contribution in [-0.2, 0) is 27.7 Å². The summed E-state index contributed by atoms with van der Waals surface area (Å²) < 4.78 is 27.0. The number of piperazine rings is 1. The van der Waals surface area contributed by atoms with Crippen molar-refractivity contribution in [3.63, 3.8) is 0 Å². The van der Waals surface area contributed by atoms with Crippen LogP contribution in [0, 0.1) is 11.3 Å². The van der Waals surface area contributed by atoms with E-state index in [4.69, 9.17) is 0 Å². The normalized spacial score (nSPS) is 18.0. The third kappa shape index (κ3) is 3.73. The van der Waals surface area contributed by atoms with E-state index in [2.05, 4.69) is 11.4 Å². The Balaban J connectivity index is 1.33. The van der Waals surface area contributed by atoms with Crippen LogP contribution in [0.5, 0.6) is 0 Å². The summed E-state index contributed by atoms with van der Waals surface area (Å²) in [5.74, 6) is -0.161. The fourth-order valence-corrected chi connectivity index (χ4v) is 7.47. The van der Waals surface area contributed by atoms with Crippen LogP contribution >= 0.6 is 22.7 Å². The molecule has 0 bridgehead atoms. The van der Waals surface area contributed by atoms with Gasteiger partial charge in [0.1, 0.15) is 15.3 Å². The number of carbonyl (C=O) groups is 1. The van der Waals surface area contributed by atoms with Crippen LogP contribution in [0.2, 0.25) is 0 Å². The van der Waals surface area contributed by atoms with Crippen LogP contribution in [0.4, 0.5) is 5.00 Å². The lowest BCUT2D eigenvalue weighted by molar-refractivity contribution is -0.117. The van der Waals surface area contributed by atoms with Crippen LogP contribution in [0.3, 0.4) is 0 Å². The van der Waals surface area contributed by atoms with Gasteiger partial charge in [-0.05, 0) is 36.3 Å². The summed E-state index contributed by atoms with van der Waals surface area (Å²) in [5.41, 5.74) is 1.70. The number of nitriles is 1. The first-order valence-corrected chi connectivity index (χ1v) is 12.2. The zero-order chi connectivity index (χ0) is 19.7. The zero-order valence-corrected chi connectivity index (χ0v) is 17.6. The van der Waals surface area contributed by atoms with Crippen molar-refractivity contribution >= 4 is 43.6 Å². The number of hydrogen-bond acceptors (Lipinski definition) is 7. The predicted octanol–water partition coefficient (Wildman–Crippen LogP) is 2.11. The molecule has 1 aliphatic carbocycles. The number of nitrogens with zero attached hydrogens (tertiary/aromatic N) is 3. The van der Waals surface area contributed by atoms with Gasteiger partial charge in [0.15, 0.2) is 0 Å². The summed E-state index contributed by atoms with van der Waals surface area (Å²) in [6.07, 6.45) is 2.96. The van der Waals surface area contributed by atoms with E-state index >= 15 is 0 Å². The van der Waals surface area contributed by atoms with Crippen molar-refractivity contribution in [2.24, 2.45) is 0 Å². The number of aryl methyl sites for hydroxylation is 1. The van der Waals surface area contributed by atoms with Gasteiger partial charge in [0.05, 0.1) is 12.1 Å². The first-order valence-electron chi connectivity index (χ1n) is 9.09. The molecule has 10 heteroatoms. The van der Waals surface area contributed by atoms with E-state index in [1.54, 1.807) is 17.5 Å². The maximum Gasteiger partial charge on any atom is 0.252 e. The molecular weight excluding hydrogens is 416 g/mol. The summed E-state index contributed by atoms with van der Waals surface area (Å²) >= 11 is 2.72. The quantitative estimate of drug-likeness (QED) is 0.775. The number of nitrogens with one attached hydrogen (secondary N) is 1. The second kappa shape index (κ2) is 7.93. The minimum Gasteiger partial charge on any atom is -0.315 e.